The molecule has 0 radical (unpaired) electrons. The number of hydrogen-bond donors (Lipinski definition) is 1. The van der Waals surface area contributed by atoms with Gasteiger partial charge >= 0.3 is 12.1 Å². The van der Waals surface area contributed by atoms with Crippen molar-refractivity contribution in [3.8, 4) is 0 Å². The summed E-state index contributed by atoms with van der Waals surface area (Å²) in [6.45, 7) is 5.27. The first-order chi connectivity index (χ1) is 10.8. The minimum Gasteiger partial charge on any atom is -0.467 e. The van der Waals surface area contributed by atoms with E-state index in [9.17, 15) is 9.59 Å². The highest BCUT2D eigenvalue weighted by atomic mass is 16.6. The predicted octanol–water partition coefficient (Wildman–Crippen LogP) is 3.04. The number of methoxy groups -OCH3 is 1. The van der Waals surface area contributed by atoms with Crippen LogP contribution in [0.15, 0.2) is 34.9 Å². The summed E-state index contributed by atoms with van der Waals surface area (Å²) < 4.78 is 15.2. The lowest BCUT2D eigenvalue weighted by atomic mass is 10.0. The van der Waals surface area contributed by atoms with Crippen LogP contribution in [0.1, 0.15) is 26.3 Å². The molecule has 6 nitrogen and oxygen atoms in total. The fourth-order valence-electron chi connectivity index (χ4n) is 2.16. The molecule has 6 heteroatoms. The van der Waals surface area contributed by atoms with Crippen molar-refractivity contribution in [2.24, 2.45) is 0 Å². The summed E-state index contributed by atoms with van der Waals surface area (Å²) in [5, 5.41) is 3.49. The summed E-state index contributed by atoms with van der Waals surface area (Å²) >= 11 is 0. The third-order valence-corrected chi connectivity index (χ3v) is 3.13. The van der Waals surface area contributed by atoms with Crippen LogP contribution >= 0.6 is 0 Å². The second-order valence-electron chi connectivity index (χ2n) is 6.22. The van der Waals surface area contributed by atoms with Crippen molar-refractivity contribution in [1.82, 2.24) is 5.32 Å². The van der Waals surface area contributed by atoms with Crippen LogP contribution in [-0.4, -0.2) is 30.8 Å². The van der Waals surface area contributed by atoms with Crippen molar-refractivity contribution in [2.45, 2.75) is 38.8 Å². The fraction of sp³-hybridized carbons (Fsp3) is 0.412. The molecule has 124 valence electrons. The number of carbonyl (C=O) groups is 2. The molecule has 2 aromatic rings. The number of furan rings is 1. The van der Waals surface area contributed by atoms with Crippen LogP contribution in [0.4, 0.5) is 4.79 Å². The zero-order valence-corrected chi connectivity index (χ0v) is 13.7. The van der Waals surface area contributed by atoms with Crippen molar-refractivity contribution in [3.63, 3.8) is 0 Å². The molecule has 1 atom stereocenters. The topological polar surface area (TPSA) is 77.8 Å². The summed E-state index contributed by atoms with van der Waals surface area (Å²) in [4.78, 5) is 23.8. The Kier molecular flexibility index (Phi) is 4.93. The molecule has 0 aliphatic heterocycles. The van der Waals surface area contributed by atoms with E-state index < -0.39 is 23.7 Å². The first kappa shape index (κ1) is 16.9. The monoisotopic (exact) mass is 319 g/mol. The number of hydrogen-bond acceptors (Lipinski definition) is 5. The van der Waals surface area contributed by atoms with Crippen molar-refractivity contribution >= 4 is 23.0 Å². The Labute approximate surface area is 134 Å². The Morgan fingerprint density at radius 1 is 1.26 bits per heavy atom. The number of alkyl carbamates (subject to hydrolysis) is 1. The van der Waals surface area contributed by atoms with Gasteiger partial charge in [0.1, 0.15) is 17.2 Å². The Hall–Kier alpha value is -2.50. The molecule has 1 aromatic carbocycles. The number of fused-ring (bicyclic) bond motifs is 1. The normalized spacial score (nSPS) is 12.7. The van der Waals surface area contributed by atoms with Crippen molar-refractivity contribution in [3.05, 3.63) is 36.1 Å². The van der Waals surface area contributed by atoms with Crippen molar-refractivity contribution < 1.29 is 23.5 Å². The van der Waals surface area contributed by atoms with Gasteiger partial charge in [0.15, 0.2) is 0 Å². The highest BCUT2D eigenvalue weighted by molar-refractivity contribution is 5.82. The highest BCUT2D eigenvalue weighted by Gasteiger charge is 2.25. The van der Waals surface area contributed by atoms with Gasteiger partial charge in [-0.2, -0.15) is 0 Å². The lowest BCUT2D eigenvalue weighted by Gasteiger charge is -2.22. The van der Waals surface area contributed by atoms with Crippen molar-refractivity contribution in [2.75, 3.05) is 7.11 Å². The maximum atomic E-state index is 11.9. The van der Waals surface area contributed by atoms with Gasteiger partial charge in [-0.05, 0) is 44.5 Å². The predicted molar refractivity (Wildman–Crippen MR) is 85.1 cm³/mol. The molecule has 1 aromatic heterocycles. The van der Waals surface area contributed by atoms with E-state index in [0.717, 1.165) is 16.5 Å². The van der Waals surface area contributed by atoms with Gasteiger partial charge in [-0.15, -0.1) is 0 Å². The van der Waals surface area contributed by atoms with Crippen molar-refractivity contribution in [1.29, 1.82) is 0 Å². The molecule has 2 rings (SSSR count). The maximum absolute atomic E-state index is 11.9. The highest BCUT2D eigenvalue weighted by Crippen LogP contribution is 2.18. The summed E-state index contributed by atoms with van der Waals surface area (Å²) in [6.07, 6.45) is 1.25. The Morgan fingerprint density at radius 2 is 2.00 bits per heavy atom. The smallest absolute Gasteiger partial charge is 0.408 e. The van der Waals surface area contributed by atoms with Gasteiger partial charge < -0.3 is 19.2 Å². The number of benzene rings is 1. The van der Waals surface area contributed by atoms with E-state index in [1.165, 1.54) is 7.11 Å². The van der Waals surface area contributed by atoms with Crippen LogP contribution in [0.2, 0.25) is 0 Å². The average Bonchev–Trinajstić information content (AvgIpc) is 2.91. The number of carbonyl (C=O) groups excluding carboxylic acids is 2. The summed E-state index contributed by atoms with van der Waals surface area (Å²) in [7, 11) is 1.28. The Morgan fingerprint density at radius 3 is 2.65 bits per heavy atom. The van der Waals surface area contributed by atoms with Crippen LogP contribution in [0.25, 0.3) is 11.0 Å². The number of ether oxygens (including phenoxy) is 2. The summed E-state index contributed by atoms with van der Waals surface area (Å²) in [6, 6.07) is 6.60. The molecule has 1 amide bonds. The number of rotatable bonds is 4. The Balaban J connectivity index is 2.11. The molecule has 0 bridgehead atoms. The fourth-order valence-corrected chi connectivity index (χ4v) is 2.16. The molecule has 1 heterocycles. The molecule has 0 aliphatic rings. The van der Waals surface area contributed by atoms with Gasteiger partial charge in [-0.1, -0.05) is 6.07 Å². The maximum Gasteiger partial charge on any atom is 0.408 e. The average molecular weight is 319 g/mol. The van der Waals surface area contributed by atoms with E-state index in [0.29, 0.717) is 6.42 Å². The third-order valence-electron chi connectivity index (χ3n) is 3.13. The SMILES string of the molecule is COC(=O)[C@H](Cc1ccc2occc2c1)NC(=O)OC(C)(C)C. The summed E-state index contributed by atoms with van der Waals surface area (Å²) in [5.74, 6) is -0.525. The molecular formula is C17H21NO5. The molecule has 0 fully saturated rings. The molecule has 0 saturated heterocycles. The van der Waals surface area contributed by atoms with E-state index in [4.69, 9.17) is 13.9 Å². The molecule has 23 heavy (non-hydrogen) atoms. The molecule has 0 unspecified atom stereocenters. The molecule has 0 spiro atoms. The second-order valence-corrected chi connectivity index (χ2v) is 6.22. The summed E-state index contributed by atoms with van der Waals surface area (Å²) in [5.41, 5.74) is 1.01. The lowest BCUT2D eigenvalue weighted by molar-refractivity contribution is -0.143. The van der Waals surface area contributed by atoms with E-state index in [1.54, 1.807) is 27.0 Å². The van der Waals surface area contributed by atoms with Crippen LogP contribution < -0.4 is 5.32 Å². The standard InChI is InChI=1S/C17H21NO5/c1-17(2,3)23-16(20)18-13(15(19)21-4)10-11-5-6-14-12(9-11)7-8-22-14/h5-9,13H,10H2,1-4H3,(H,18,20)/t13-/m0/s1. The second kappa shape index (κ2) is 6.73. The quantitative estimate of drug-likeness (QED) is 0.876. The minimum atomic E-state index is -0.820. The lowest BCUT2D eigenvalue weighted by Crippen LogP contribution is -2.45. The number of nitrogens with one attached hydrogen (secondary N) is 1. The largest absolute Gasteiger partial charge is 0.467 e. The molecule has 0 saturated carbocycles. The van der Waals surface area contributed by atoms with E-state index >= 15 is 0 Å². The molecule has 0 aliphatic carbocycles. The van der Waals surface area contributed by atoms with E-state index in [-0.39, 0.29) is 0 Å². The Bertz CT molecular complexity index is 698. The van der Waals surface area contributed by atoms with Crippen LogP contribution in [0.5, 0.6) is 0 Å². The van der Waals surface area contributed by atoms with Gasteiger partial charge in [0.25, 0.3) is 0 Å². The zero-order valence-electron chi connectivity index (χ0n) is 13.7. The number of amides is 1. The number of esters is 1. The van der Waals surface area contributed by atoms with Gasteiger partial charge in [-0.3, -0.25) is 0 Å². The van der Waals surface area contributed by atoms with Gasteiger partial charge in [0.2, 0.25) is 0 Å². The first-order valence-electron chi connectivity index (χ1n) is 7.32. The van der Waals surface area contributed by atoms with Crippen LogP contribution in [-0.2, 0) is 20.7 Å². The minimum absolute atomic E-state index is 0.299. The molecule has 1 N–H and O–H groups in total. The van der Waals surface area contributed by atoms with Crippen LogP contribution in [0.3, 0.4) is 0 Å². The van der Waals surface area contributed by atoms with E-state index in [2.05, 4.69) is 5.32 Å². The molecular weight excluding hydrogens is 298 g/mol. The first-order valence-corrected chi connectivity index (χ1v) is 7.32. The van der Waals surface area contributed by atoms with Gasteiger partial charge in [0.05, 0.1) is 13.4 Å². The van der Waals surface area contributed by atoms with Gasteiger partial charge in [0, 0.05) is 11.8 Å². The van der Waals surface area contributed by atoms with Gasteiger partial charge in [-0.25, -0.2) is 9.59 Å². The van der Waals surface area contributed by atoms with E-state index in [1.807, 2.05) is 24.3 Å². The third kappa shape index (κ3) is 4.74. The van der Waals surface area contributed by atoms with Crippen LogP contribution in [0, 0.1) is 0 Å². The zero-order chi connectivity index (χ0) is 17.0.